The van der Waals surface area contributed by atoms with E-state index in [4.69, 9.17) is 11.6 Å². The maximum Gasteiger partial charge on any atom is 0.322 e. The molecule has 2 amide bonds. The number of urea groups is 1. The Hall–Kier alpha value is -1.26. The smallest absolute Gasteiger partial charge is 0.320 e. The summed E-state index contributed by atoms with van der Waals surface area (Å²) in [7, 11) is 0. The molecule has 1 fully saturated rings. The highest BCUT2D eigenvalue weighted by molar-refractivity contribution is 6.30. The third-order valence-electron chi connectivity index (χ3n) is 3.51. The fourth-order valence-corrected chi connectivity index (χ4v) is 2.74. The van der Waals surface area contributed by atoms with Gasteiger partial charge >= 0.3 is 6.03 Å². The van der Waals surface area contributed by atoms with Crippen molar-refractivity contribution in [2.24, 2.45) is 0 Å². The van der Waals surface area contributed by atoms with E-state index in [9.17, 15) is 4.79 Å². The van der Waals surface area contributed by atoms with Gasteiger partial charge in [0.2, 0.25) is 0 Å². The summed E-state index contributed by atoms with van der Waals surface area (Å²) in [5, 5.41) is 6.93. The molecule has 0 aromatic heterocycles. The Labute approximate surface area is 125 Å². The van der Waals surface area contributed by atoms with E-state index in [1.54, 1.807) is 12.1 Å². The summed E-state index contributed by atoms with van der Waals surface area (Å²) >= 11 is 5.94. The van der Waals surface area contributed by atoms with E-state index in [1.165, 1.54) is 0 Å². The summed E-state index contributed by atoms with van der Waals surface area (Å²) in [4.78, 5) is 14.4. The van der Waals surface area contributed by atoms with Gasteiger partial charge in [-0.25, -0.2) is 4.79 Å². The van der Waals surface area contributed by atoms with Crippen LogP contribution in [0.25, 0.3) is 0 Å². The highest BCUT2D eigenvalue weighted by atomic mass is 35.5. The van der Waals surface area contributed by atoms with Gasteiger partial charge in [0.1, 0.15) is 0 Å². The Morgan fingerprint density at radius 1 is 1.55 bits per heavy atom. The van der Waals surface area contributed by atoms with Crippen LogP contribution in [0.1, 0.15) is 26.2 Å². The number of nitrogens with one attached hydrogen (secondary N) is 2. The van der Waals surface area contributed by atoms with E-state index >= 15 is 0 Å². The summed E-state index contributed by atoms with van der Waals surface area (Å²) in [6.07, 6.45) is 3.14. The molecule has 0 spiro atoms. The Bertz CT molecular complexity index is 446. The average Bonchev–Trinajstić information content (AvgIpc) is 2.45. The number of hydrogen-bond donors (Lipinski definition) is 2. The Kier molecular flexibility index (Phi) is 5.68. The van der Waals surface area contributed by atoms with Gasteiger partial charge in [-0.2, -0.15) is 0 Å². The van der Waals surface area contributed by atoms with Crippen molar-refractivity contribution in [1.82, 2.24) is 10.2 Å². The summed E-state index contributed by atoms with van der Waals surface area (Å²) in [5.74, 6) is 0. The maximum atomic E-state index is 12.5. The van der Waals surface area contributed by atoms with Crippen LogP contribution >= 0.6 is 11.6 Å². The summed E-state index contributed by atoms with van der Waals surface area (Å²) in [6.45, 7) is 4.80. The van der Waals surface area contributed by atoms with Crippen molar-refractivity contribution in [2.75, 3.05) is 25.0 Å². The van der Waals surface area contributed by atoms with Crippen LogP contribution in [0.3, 0.4) is 0 Å². The van der Waals surface area contributed by atoms with Crippen molar-refractivity contribution >= 4 is 23.3 Å². The summed E-state index contributed by atoms with van der Waals surface area (Å²) in [5.41, 5.74) is 0.743. The third-order valence-corrected chi connectivity index (χ3v) is 3.75. The topological polar surface area (TPSA) is 44.4 Å². The molecule has 20 heavy (non-hydrogen) atoms. The highest BCUT2D eigenvalue weighted by Crippen LogP contribution is 2.17. The van der Waals surface area contributed by atoms with Gasteiger partial charge < -0.3 is 15.5 Å². The lowest BCUT2D eigenvalue weighted by Gasteiger charge is -2.34. The van der Waals surface area contributed by atoms with Gasteiger partial charge in [0.25, 0.3) is 0 Å². The molecule has 0 aliphatic carbocycles. The number of amides is 2. The molecular formula is C15H22ClN3O. The molecule has 1 aromatic rings. The molecule has 2 rings (SSSR count). The predicted molar refractivity (Wildman–Crippen MR) is 83.4 cm³/mol. The van der Waals surface area contributed by atoms with Crippen molar-refractivity contribution in [2.45, 2.75) is 32.2 Å². The zero-order chi connectivity index (χ0) is 14.4. The van der Waals surface area contributed by atoms with Gasteiger partial charge in [0.15, 0.2) is 0 Å². The molecular weight excluding hydrogens is 274 g/mol. The number of rotatable bonds is 4. The minimum absolute atomic E-state index is 0.0391. The molecule has 1 saturated heterocycles. The van der Waals surface area contributed by atoms with Gasteiger partial charge in [-0.1, -0.05) is 24.6 Å². The maximum absolute atomic E-state index is 12.5. The van der Waals surface area contributed by atoms with Crippen molar-refractivity contribution in [1.29, 1.82) is 0 Å². The van der Waals surface area contributed by atoms with E-state index < -0.39 is 0 Å². The lowest BCUT2D eigenvalue weighted by Crippen LogP contribution is -2.50. The standard InChI is InChI=1S/C15H22ClN3O/c1-2-9-19(14-7-4-8-17-11-14)15(20)18-13-6-3-5-12(16)10-13/h3,5-6,10,14,17H,2,4,7-9,11H2,1H3,(H,18,20). The van der Waals surface area contributed by atoms with Crippen molar-refractivity contribution in [3.63, 3.8) is 0 Å². The molecule has 1 heterocycles. The Balaban J connectivity index is 2.02. The van der Waals surface area contributed by atoms with Gasteiger partial charge in [-0.3, -0.25) is 0 Å². The average molecular weight is 296 g/mol. The first-order valence-electron chi connectivity index (χ1n) is 7.24. The number of anilines is 1. The highest BCUT2D eigenvalue weighted by Gasteiger charge is 2.24. The largest absolute Gasteiger partial charge is 0.322 e. The molecule has 0 bridgehead atoms. The third kappa shape index (κ3) is 4.12. The first-order valence-corrected chi connectivity index (χ1v) is 7.62. The normalized spacial score (nSPS) is 18.6. The molecule has 1 aromatic carbocycles. The fourth-order valence-electron chi connectivity index (χ4n) is 2.55. The molecule has 5 heteroatoms. The van der Waals surface area contributed by atoms with E-state index in [0.29, 0.717) is 5.02 Å². The van der Waals surface area contributed by atoms with Crippen LogP contribution in [0.5, 0.6) is 0 Å². The second-order valence-electron chi connectivity index (χ2n) is 5.13. The van der Waals surface area contributed by atoms with Crippen LogP contribution in [-0.4, -0.2) is 36.6 Å². The number of carbonyl (C=O) groups excluding carboxylic acids is 1. The zero-order valence-electron chi connectivity index (χ0n) is 11.9. The van der Waals surface area contributed by atoms with E-state index in [2.05, 4.69) is 17.6 Å². The van der Waals surface area contributed by atoms with Crippen molar-refractivity contribution in [3.8, 4) is 0 Å². The number of benzene rings is 1. The quantitative estimate of drug-likeness (QED) is 0.895. The van der Waals surface area contributed by atoms with Gasteiger partial charge in [-0.15, -0.1) is 0 Å². The van der Waals surface area contributed by atoms with Crippen LogP contribution in [-0.2, 0) is 0 Å². The van der Waals surface area contributed by atoms with Crippen molar-refractivity contribution in [3.05, 3.63) is 29.3 Å². The number of halogens is 1. The molecule has 4 nitrogen and oxygen atoms in total. The minimum atomic E-state index is -0.0391. The van der Waals surface area contributed by atoms with E-state index in [1.807, 2.05) is 17.0 Å². The van der Waals surface area contributed by atoms with Gasteiger partial charge in [-0.05, 0) is 44.0 Å². The molecule has 0 radical (unpaired) electrons. The number of hydrogen-bond acceptors (Lipinski definition) is 2. The summed E-state index contributed by atoms with van der Waals surface area (Å²) in [6, 6.07) is 7.50. The second-order valence-corrected chi connectivity index (χ2v) is 5.57. The SMILES string of the molecule is CCCN(C(=O)Nc1cccc(Cl)c1)C1CCCNC1. The molecule has 110 valence electrons. The zero-order valence-corrected chi connectivity index (χ0v) is 12.6. The fraction of sp³-hybridized carbons (Fsp3) is 0.533. The Morgan fingerprint density at radius 2 is 2.40 bits per heavy atom. The summed E-state index contributed by atoms with van der Waals surface area (Å²) < 4.78 is 0. The van der Waals surface area contributed by atoms with Crippen LogP contribution in [0.2, 0.25) is 5.02 Å². The molecule has 0 saturated carbocycles. The predicted octanol–water partition coefficient (Wildman–Crippen LogP) is 3.34. The van der Waals surface area contributed by atoms with Crippen LogP contribution < -0.4 is 10.6 Å². The van der Waals surface area contributed by atoms with E-state index in [0.717, 1.165) is 44.6 Å². The van der Waals surface area contributed by atoms with Crippen LogP contribution in [0.15, 0.2) is 24.3 Å². The minimum Gasteiger partial charge on any atom is -0.320 e. The first-order chi connectivity index (χ1) is 9.70. The number of carbonyl (C=O) groups is 1. The number of piperidine rings is 1. The Morgan fingerprint density at radius 3 is 3.05 bits per heavy atom. The van der Waals surface area contributed by atoms with Crippen LogP contribution in [0.4, 0.5) is 10.5 Å². The molecule has 2 N–H and O–H groups in total. The second kappa shape index (κ2) is 7.50. The lowest BCUT2D eigenvalue weighted by molar-refractivity contribution is 0.173. The lowest BCUT2D eigenvalue weighted by atomic mass is 10.1. The monoisotopic (exact) mass is 295 g/mol. The van der Waals surface area contributed by atoms with Gasteiger partial charge in [0.05, 0.1) is 0 Å². The molecule has 1 aliphatic heterocycles. The molecule has 1 aliphatic rings. The first kappa shape index (κ1) is 15.1. The van der Waals surface area contributed by atoms with Crippen LogP contribution in [0, 0.1) is 0 Å². The van der Waals surface area contributed by atoms with Crippen molar-refractivity contribution < 1.29 is 4.79 Å². The molecule has 1 atom stereocenters. The molecule has 1 unspecified atom stereocenters. The van der Waals surface area contributed by atoms with E-state index in [-0.39, 0.29) is 12.1 Å². The van der Waals surface area contributed by atoms with Gasteiger partial charge in [0, 0.05) is 29.8 Å². The number of nitrogens with zero attached hydrogens (tertiary/aromatic N) is 1.